The second-order valence-electron chi connectivity index (χ2n) is 10.4. The minimum Gasteiger partial charge on any atom is -0.508 e. The van der Waals surface area contributed by atoms with Gasteiger partial charge >= 0.3 is 6.09 Å². The summed E-state index contributed by atoms with van der Waals surface area (Å²) in [5.41, 5.74) is 0.969. The van der Waals surface area contributed by atoms with Crippen LogP contribution in [0.1, 0.15) is 70.2 Å². The van der Waals surface area contributed by atoms with Gasteiger partial charge in [-0.2, -0.15) is 0 Å². The van der Waals surface area contributed by atoms with Crippen LogP contribution in [0, 0.1) is 19.4 Å². The van der Waals surface area contributed by atoms with Crippen LogP contribution in [0.4, 0.5) is 4.79 Å². The average molecular weight is 522 g/mol. The highest BCUT2D eigenvalue weighted by atomic mass is 16.6. The Labute approximate surface area is 225 Å². The second-order valence-corrected chi connectivity index (χ2v) is 10.4. The van der Waals surface area contributed by atoms with Gasteiger partial charge in [0.2, 0.25) is 5.91 Å². The minimum absolute atomic E-state index is 0.0550. The van der Waals surface area contributed by atoms with Crippen molar-refractivity contribution in [3.63, 3.8) is 0 Å². The molecule has 0 radical (unpaired) electrons. The Morgan fingerprint density at radius 3 is 2.32 bits per heavy atom. The highest BCUT2D eigenvalue weighted by molar-refractivity contribution is 5.93. The van der Waals surface area contributed by atoms with E-state index in [-0.39, 0.29) is 18.2 Å². The summed E-state index contributed by atoms with van der Waals surface area (Å²) in [5.74, 6) is -1.05. The van der Waals surface area contributed by atoms with Gasteiger partial charge in [-0.3, -0.25) is 14.5 Å². The normalized spacial score (nSPS) is 13.4. The number of hydrogen-bond acceptors (Lipinski definition) is 5. The van der Waals surface area contributed by atoms with Crippen molar-refractivity contribution in [3.05, 3.63) is 65.2 Å². The summed E-state index contributed by atoms with van der Waals surface area (Å²) in [6.07, 6.45) is 6.81. The number of hydrogen-bond donors (Lipinski definition) is 3. The molecule has 0 aliphatic heterocycles. The summed E-state index contributed by atoms with van der Waals surface area (Å²) in [4.78, 5) is 41.2. The average Bonchev–Trinajstić information content (AvgIpc) is 2.83. The highest BCUT2D eigenvalue weighted by Gasteiger charge is 2.36. The lowest BCUT2D eigenvalue weighted by Crippen LogP contribution is -2.52. The molecule has 0 aliphatic rings. The molecule has 0 saturated heterocycles. The van der Waals surface area contributed by atoms with Crippen molar-refractivity contribution in [2.24, 2.45) is 0 Å². The van der Waals surface area contributed by atoms with E-state index in [0.717, 1.165) is 23.3 Å². The van der Waals surface area contributed by atoms with Gasteiger partial charge in [0.15, 0.2) is 0 Å². The number of phenols is 1. The SMILES string of the molecule is C#CN(C(=O)C(Cc1ccccc1)NC(=O)OC(C)(C)C)C(C(=O)NC(C)CCC)c1ccc(O)c(C)c1. The monoisotopic (exact) mass is 521 g/mol. The fraction of sp³-hybridized carbons (Fsp3) is 0.433. The van der Waals surface area contributed by atoms with Crippen LogP contribution < -0.4 is 10.6 Å². The molecule has 8 heteroatoms. The largest absolute Gasteiger partial charge is 0.508 e. The van der Waals surface area contributed by atoms with E-state index >= 15 is 0 Å². The zero-order chi connectivity index (χ0) is 28.5. The number of amides is 3. The molecule has 3 atom stereocenters. The molecule has 204 valence electrons. The van der Waals surface area contributed by atoms with E-state index in [9.17, 15) is 19.5 Å². The Hall–Kier alpha value is -3.99. The number of carbonyl (C=O) groups excluding carboxylic acids is 3. The molecule has 2 aromatic carbocycles. The summed E-state index contributed by atoms with van der Waals surface area (Å²) in [6, 6.07) is 13.7. The van der Waals surface area contributed by atoms with Gasteiger partial charge in [-0.15, -0.1) is 0 Å². The number of terminal acetylenes is 1. The topological polar surface area (TPSA) is 108 Å². The molecule has 0 spiro atoms. The maximum Gasteiger partial charge on any atom is 0.408 e. The maximum atomic E-state index is 13.9. The predicted molar refractivity (Wildman–Crippen MR) is 147 cm³/mol. The lowest BCUT2D eigenvalue weighted by Gasteiger charge is -2.31. The van der Waals surface area contributed by atoms with Crippen LogP contribution in [-0.4, -0.2) is 45.6 Å². The summed E-state index contributed by atoms with van der Waals surface area (Å²) in [7, 11) is 0. The van der Waals surface area contributed by atoms with Crippen LogP contribution in [0.25, 0.3) is 0 Å². The number of phenolic OH excluding ortho intramolecular Hbond substituents is 1. The third-order valence-corrected chi connectivity index (χ3v) is 5.80. The minimum atomic E-state index is -1.19. The van der Waals surface area contributed by atoms with E-state index in [2.05, 4.69) is 16.7 Å². The van der Waals surface area contributed by atoms with E-state index in [1.54, 1.807) is 39.8 Å². The molecule has 0 fully saturated rings. The Bertz CT molecular complexity index is 1150. The van der Waals surface area contributed by atoms with Crippen molar-refractivity contribution in [1.82, 2.24) is 15.5 Å². The number of ether oxygens (including phenoxy) is 1. The van der Waals surface area contributed by atoms with Gasteiger partial charge in [-0.1, -0.05) is 56.2 Å². The number of rotatable bonds is 10. The summed E-state index contributed by atoms with van der Waals surface area (Å²) < 4.78 is 5.39. The first-order chi connectivity index (χ1) is 17.9. The van der Waals surface area contributed by atoms with Crippen LogP contribution in [0.5, 0.6) is 5.75 Å². The number of alkyl carbamates (subject to hydrolysis) is 1. The lowest BCUT2D eigenvalue weighted by molar-refractivity contribution is -0.138. The zero-order valence-electron chi connectivity index (χ0n) is 23.1. The van der Waals surface area contributed by atoms with Crippen LogP contribution in [0.2, 0.25) is 0 Å². The Balaban J connectivity index is 2.50. The highest BCUT2D eigenvalue weighted by Crippen LogP contribution is 2.27. The molecule has 8 nitrogen and oxygen atoms in total. The van der Waals surface area contributed by atoms with Gasteiger partial charge < -0.3 is 20.5 Å². The number of benzene rings is 2. The molecule has 3 N–H and O–H groups in total. The molecule has 3 unspecified atom stereocenters. The van der Waals surface area contributed by atoms with E-state index in [1.807, 2.05) is 44.2 Å². The summed E-state index contributed by atoms with van der Waals surface area (Å²) in [6.45, 7) is 10.7. The molecule has 0 aromatic heterocycles. The zero-order valence-corrected chi connectivity index (χ0v) is 23.1. The van der Waals surface area contributed by atoms with Crippen LogP contribution in [0.15, 0.2) is 48.5 Å². The second kappa shape index (κ2) is 13.5. The summed E-state index contributed by atoms with van der Waals surface area (Å²) >= 11 is 0. The number of aromatic hydroxyl groups is 1. The molecule has 2 aromatic rings. The molecule has 0 bridgehead atoms. The van der Waals surface area contributed by atoms with Gasteiger partial charge in [0.25, 0.3) is 5.91 Å². The molecule has 38 heavy (non-hydrogen) atoms. The Morgan fingerprint density at radius 1 is 1.11 bits per heavy atom. The van der Waals surface area contributed by atoms with Crippen molar-refractivity contribution in [1.29, 1.82) is 0 Å². The van der Waals surface area contributed by atoms with Gasteiger partial charge in [0.1, 0.15) is 23.4 Å². The molecule has 0 saturated carbocycles. The fourth-order valence-corrected chi connectivity index (χ4v) is 4.03. The fourth-order valence-electron chi connectivity index (χ4n) is 4.03. The van der Waals surface area contributed by atoms with Crippen LogP contribution in [-0.2, 0) is 20.7 Å². The van der Waals surface area contributed by atoms with Gasteiger partial charge in [-0.05, 0) is 69.9 Å². The first-order valence-corrected chi connectivity index (χ1v) is 12.8. The first kappa shape index (κ1) is 30.2. The summed E-state index contributed by atoms with van der Waals surface area (Å²) in [5, 5.41) is 15.6. The standard InChI is InChI=1S/C30H39N3O5/c1-8-13-21(4)31-27(35)26(23-16-17-25(34)20(3)18-23)33(9-2)28(36)24(19-22-14-11-10-12-15-22)32-29(37)38-30(5,6)7/h2,10-12,14-18,21,24,26,34H,8,13,19H2,1,3-7H3,(H,31,35)(H,32,37). The molecule has 0 heterocycles. The van der Waals surface area contributed by atoms with E-state index in [1.165, 1.54) is 6.07 Å². The number of nitrogens with zero attached hydrogens (tertiary/aromatic N) is 1. The molecule has 3 amide bonds. The van der Waals surface area contributed by atoms with Crippen molar-refractivity contribution in [3.8, 4) is 18.2 Å². The van der Waals surface area contributed by atoms with E-state index in [4.69, 9.17) is 11.2 Å². The Kier molecular flexibility index (Phi) is 10.8. The van der Waals surface area contributed by atoms with Gasteiger partial charge in [0, 0.05) is 18.5 Å². The lowest BCUT2D eigenvalue weighted by atomic mass is 9.99. The smallest absolute Gasteiger partial charge is 0.408 e. The molecule has 2 rings (SSSR count). The van der Waals surface area contributed by atoms with Crippen molar-refractivity contribution < 1.29 is 24.2 Å². The van der Waals surface area contributed by atoms with E-state index < -0.39 is 35.6 Å². The van der Waals surface area contributed by atoms with Crippen LogP contribution in [0.3, 0.4) is 0 Å². The van der Waals surface area contributed by atoms with Crippen LogP contribution >= 0.6 is 0 Å². The predicted octanol–water partition coefficient (Wildman–Crippen LogP) is 4.60. The quantitative estimate of drug-likeness (QED) is 0.313. The molecular formula is C30H39N3O5. The number of nitrogens with one attached hydrogen (secondary N) is 2. The third kappa shape index (κ3) is 8.84. The first-order valence-electron chi connectivity index (χ1n) is 12.8. The van der Waals surface area contributed by atoms with Crippen molar-refractivity contribution in [2.45, 2.75) is 84.5 Å². The molecule has 0 aliphatic carbocycles. The third-order valence-electron chi connectivity index (χ3n) is 5.80. The maximum absolute atomic E-state index is 13.9. The van der Waals surface area contributed by atoms with Crippen molar-refractivity contribution >= 4 is 17.9 Å². The van der Waals surface area contributed by atoms with Gasteiger partial charge in [-0.25, -0.2) is 4.79 Å². The van der Waals surface area contributed by atoms with Gasteiger partial charge in [0.05, 0.1) is 0 Å². The number of carbonyl (C=O) groups is 3. The number of aryl methyl sites for hydroxylation is 1. The van der Waals surface area contributed by atoms with E-state index in [0.29, 0.717) is 11.1 Å². The Morgan fingerprint density at radius 2 is 1.76 bits per heavy atom. The molecular weight excluding hydrogens is 482 g/mol. The van der Waals surface area contributed by atoms with Crippen molar-refractivity contribution in [2.75, 3.05) is 0 Å².